The van der Waals surface area contributed by atoms with Gasteiger partial charge in [0.1, 0.15) is 24.4 Å². The Hall–Kier alpha value is -5.66. The number of amides is 2. The van der Waals surface area contributed by atoms with Gasteiger partial charge in [0.25, 0.3) is 11.8 Å². The molecule has 4 aromatic rings. The molecule has 0 unspecified atom stereocenters. The summed E-state index contributed by atoms with van der Waals surface area (Å²) in [4.78, 5) is 34.6. The van der Waals surface area contributed by atoms with Gasteiger partial charge >= 0.3 is 0 Å². The molecule has 0 atom stereocenters. The van der Waals surface area contributed by atoms with Gasteiger partial charge in [-0.15, -0.1) is 0 Å². The fourth-order valence-electron chi connectivity index (χ4n) is 10.1. The summed E-state index contributed by atoms with van der Waals surface area (Å²) in [6.45, 7) is 30.2. The van der Waals surface area contributed by atoms with Crippen molar-refractivity contribution in [3.63, 3.8) is 0 Å². The molecule has 2 aliphatic heterocycles. The van der Waals surface area contributed by atoms with Crippen LogP contribution in [0.15, 0.2) is 108 Å². The Morgan fingerprint density at radius 3 is 1.91 bits per heavy atom. The van der Waals surface area contributed by atoms with Crippen LogP contribution in [0.2, 0.25) is 0 Å². The van der Waals surface area contributed by atoms with Crippen molar-refractivity contribution in [1.82, 2.24) is 14.4 Å². The molecule has 1 fully saturated rings. The van der Waals surface area contributed by atoms with Gasteiger partial charge in [0.05, 0.1) is 6.07 Å². The van der Waals surface area contributed by atoms with Gasteiger partial charge in [0.15, 0.2) is 0 Å². The predicted octanol–water partition coefficient (Wildman–Crippen LogP) is 8.18. The van der Waals surface area contributed by atoms with E-state index in [1.807, 2.05) is 52.3 Å². The highest BCUT2D eigenvalue weighted by Gasteiger charge is 2.38. The van der Waals surface area contributed by atoms with E-state index in [9.17, 15) is 9.59 Å². The maximum atomic E-state index is 14.6. The average Bonchev–Trinajstić information content (AvgIpc) is 3.30. The highest BCUT2D eigenvalue weighted by molar-refractivity contribution is 6.09. The van der Waals surface area contributed by atoms with Crippen LogP contribution in [-0.2, 0) is 10.8 Å². The van der Waals surface area contributed by atoms with Crippen LogP contribution in [-0.4, -0.2) is 74.0 Å². The van der Waals surface area contributed by atoms with Crippen LogP contribution in [0.25, 0.3) is 39.0 Å². The van der Waals surface area contributed by atoms with Crippen LogP contribution in [0, 0.1) is 6.92 Å². The van der Waals surface area contributed by atoms with Crippen LogP contribution < -0.4 is 27.2 Å². The van der Waals surface area contributed by atoms with Gasteiger partial charge in [-0.3, -0.25) is 9.59 Å². The molecule has 4 aliphatic rings. The van der Waals surface area contributed by atoms with Crippen molar-refractivity contribution < 1.29 is 26.4 Å². The molecule has 8 rings (SSSR count). The van der Waals surface area contributed by atoms with Gasteiger partial charge in [0.2, 0.25) is 5.36 Å². The van der Waals surface area contributed by atoms with Crippen molar-refractivity contribution in [2.24, 2.45) is 0 Å². The number of nitrogens with zero attached hydrogens (tertiary/aromatic N) is 4. The molecule has 2 amide bonds. The van der Waals surface area contributed by atoms with Crippen LogP contribution in [0.1, 0.15) is 117 Å². The summed E-state index contributed by atoms with van der Waals surface area (Å²) in [5, 5.41) is 2.07. The predicted molar refractivity (Wildman–Crippen MR) is 261 cm³/mol. The molecular formula is C56H65ClN4O3. The lowest BCUT2D eigenvalue weighted by atomic mass is 9.62. The second-order valence-corrected chi connectivity index (χ2v) is 18.8. The van der Waals surface area contributed by atoms with Crippen LogP contribution in [0.5, 0.6) is 0 Å². The maximum absolute atomic E-state index is 14.6. The molecule has 8 heteroatoms. The number of hydrogen-bond acceptors (Lipinski definition) is 4. The van der Waals surface area contributed by atoms with Gasteiger partial charge in [-0.05, 0) is 134 Å². The third-order valence-electron chi connectivity index (χ3n) is 14.2. The summed E-state index contributed by atoms with van der Waals surface area (Å²) >= 11 is 0. The molecule has 2 aliphatic carbocycles. The number of halogens is 1. The fourth-order valence-corrected chi connectivity index (χ4v) is 10.1. The second-order valence-electron chi connectivity index (χ2n) is 18.8. The Morgan fingerprint density at radius 2 is 1.28 bits per heavy atom. The molecule has 0 bridgehead atoms. The summed E-state index contributed by atoms with van der Waals surface area (Å²) in [7, 11) is 0. The highest BCUT2D eigenvalue weighted by Crippen LogP contribution is 2.48. The fraction of sp³-hybridized carbons (Fsp3) is 0.375. The van der Waals surface area contributed by atoms with Crippen molar-refractivity contribution >= 4 is 34.0 Å². The smallest absolute Gasteiger partial charge is 0.254 e. The molecule has 2 heterocycles. The summed E-state index contributed by atoms with van der Waals surface area (Å²) in [6, 6.07) is 33.5. The Labute approximate surface area is 386 Å². The first-order valence-corrected chi connectivity index (χ1v) is 23.2. The van der Waals surface area contributed by atoms with Gasteiger partial charge in [0, 0.05) is 84.7 Å². The number of benzene rings is 5. The number of anilines is 1. The lowest BCUT2D eigenvalue weighted by Crippen LogP contribution is -3.00. The second kappa shape index (κ2) is 18.4. The number of aryl methyl sites for hydroxylation is 1. The lowest BCUT2D eigenvalue weighted by Gasteiger charge is -2.42. The van der Waals surface area contributed by atoms with E-state index in [2.05, 4.69) is 133 Å². The quantitative estimate of drug-likeness (QED) is 0.103. The van der Waals surface area contributed by atoms with Crippen molar-refractivity contribution in [3.05, 3.63) is 148 Å². The minimum atomic E-state index is -0.0356. The molecule has 1 saturated heterocycles. The lowest BCUT2D eigenvalue weighted by molar-refractivity contribution is -0.0000307. The molecule has 0 N–H and O–H groups in total. The summed E-state index contributed by atoms with van der Waals surface area (Å²) < 4.78 is 9.06. The van der Waals surface area contributed by atoms with Gasteiger partial charge < -0.3 is 31.5 Å². The molecule has 4 aromatic carbocycles. The van der Waals surface area contributed by atoms with Crippen molar-refractivity contribution in [2.45, 2.75) is 86.0 Å². The molecule has 0 saturated carbocycles. The zero-order chi connectivity index (χ0) is 44.8. The summed E-state index contributed by atoms with van der Waals surface area (Å²) in [5.41, 5.74) is 13.5. The van der Waals surface area contributed by atoms with E-state index in [1.54, 1.807) is 0 Å². The van der Waals surface area contributed by atoms with E-state index in [0.29, 0.717) is 37.3 Å². The standard InChI is InChI=1S/C56H65N4O3.ClH/c1-11-57(12-2)41-23-25-45-50(34-41)63-51-35-42(58(13-3)14-4)24-26-46(51)52(45)43-17-15-16-18-44(43)54(62)60-31-29-59(30-32-60)53(61)40-21-19-39(20-22-40)38(6)47-36-49-48(33-37(47)5)55(7,8)27-28-56(49,9)10;/h15-26,33-36H,6,11-14,27-32H2,1-5,7-10H3;1H/q+1;/p-1. The largest absolute Gasteiger partial charge is 1.00 e. The summed E-state index contributed by atoms with van der Waals surface area (Å²) in [5.74, 6) is 0.728. The Morgan fingerprint density at radius 1 is 0.688 bits per heavy atom. The molecule has 0 spiro atoms. The first kappa shape index (κ1) is 46.3. The van der Waals surface area contributed by atoms with E-state index >= 15 is 0 Å². The van der Waals surface area contributed by atoms with E-state index in [0.717, 1.165) is 88.2 Å². The number of carbonyl (C=O) groups excluding carboxylic acids is 2. The number of piperazine rings is 1. The Bertz CT molecular complexity index is 2760. The molecule has 0 aromatic heterocycles. The maximum Gasteiger partial charge on any atom is 0.254 e. The minimum absolute atomic E-state index is 0. The molecule has 64 heavy (non-hydrogen) atoms. The zero-order valence-electron chi connectivity index (χ0n) is 39.4. The normalized spacial score (nSPS) is 15.4. The molecule has 0 radical (unpaired) electrons. The van der Waals surface area contributed by atoms with Crippen molar-refractivity contribution in [2.75, 3.05) is 57.3 Å². The number of carbonyl (C=O) groups is 2. The Balaban J connectivity index is 0.00000612. The van der Waals surface area contributed by atoms with Gasteiger partial charge in [-0.2, -0.15) is 0 Å². The Kier molecular flexibility index (Phi) is 13.4. The first-order chi connectivity index (χ1) is 30.2. The third kappa shape index (κ3) is 8.52. The highest BCUT2D eigenvalue weighted by atomic mass is 35.5. The molecule has 334 valence electrons. The number of fused-ring (bicyclic) bond motifs is 3. The topological polar surface area (TPSA) is 60.0 Å². The summed E-state index contributed by atoms with van der Waals surface area (Å²) in [6.07, 6.45) is 2.34. The van der Waals surface area contributed by atoms with Crippen LogP contribution in [0.4, 0.5) is 5.69 Å². The van der Waals surface area contributed by atoms with E-state index in [4.69, 9.17) is 4.42 Å². The molecule has 7 nitrogen and oxygen atoms in total. The third-order valence-corrected chi connectivity index (χ3v) is 14.2. The monoisotopic (exact) mass is 876 g/mol. The number of rotatable bonds is 10. The zero-order valence-corrected chi connectivity index (χ0v) is 40.2. The van der Waals surface area contributed by atoms with E-state index in [-0.39, 0.29) is 35.1 Å². The van der Waals surface area contributed by atoms with Gasteiger partial charge in [-0.1, -0.05) is 76.7 Å². The van der Waals surface area contributed by atoms with Gasteiger partial charge in [-0.25, -0.2) is 4.58 Å². The SMILES string of the molecule is C=C(c1ccc(C(=O)N2CCN(C(=O)c3ccccc3-c3c4ccc(=[N+](CC)CC)cc-4oc4cc(N(CC)CC)ccc34)CC2)cc1)c1cc2c(cc1C)C(C)(C)CCC2(C)C.[Cl-]. The first-order valence-electron chi connectivity index (χ1n) is 23.2. The molecular weight excluding hydrogens is 812 g/mol. The average molecular weight is 878 g/mol. The van der Waals surface area contributed by atoms with Crippen molar-refractivity contribution in [3.8, 4) is 22.5 Å². The van der Waals surface area contributed by atoms with E-state index in [1.165, 1.54) is 28.7 Å². The van der Waals surface area contributed by atoms with Crippen molar-refractivity contribution in [1.29, 1.82) is 0 Å². The van der Waals surface area contributed by atoms with E-state index < -0.39 is 0 Å². The minimum Gasteiger partial charge on any atom is -1.00 e. The number of hydrogen-bond donors (Lipinski definition) is 0. The van der Waals surface area contributed by atoms with Crippen LogP contribution >= 0.6 is 0 Å². The van der Waals surface area contributed by atoms with Crippen LogP contribution in [0.3, 0.4) is 0 Å².